The Labute approximate surface area is 111 Å². The summed E-state index contributed by atoms with van der Waals surface area (Å²) in [4.78, 5) is 16.1. The molecular formula is C14H19N3O2. The number of aromatic nitrogens is 1. The fourth-order valence-electron chi connectivity index (χ4n) is 2.76. The molecule has 5 nitrogen and oxygen atoms in total. The highest BCUT2D eigenvalue weighted by atomic mass is 16.4. The second-order valence-electron chi connectivity index (χ2n) is 5.38. The van der Waals surface area contributed by atoms with Crippen LogP contribution in [0.1, 0.15) is 12.8 Å². The van der Waals surface area contributed by atoms with Crippen molar-refractivity contribution >= 4 is 16.8 Å². The molecule has 0 amide bonds. The zero-order chi connectivity index (χ0) is 13.2. The van der Waals surface area contributed by atoms with Gasteiger partial charge in [-0.15, -0.1) is 0 Å². The lowest BCUT2D eigenvalue weighted by atomic mass is 9.98. The minimum Gasteiger partial charge on any atom is -0.408 e. The van der Waals surface area contributed by atoms with Crippen molar-refractivity contribution in [2.45, 2.75) is 12.8 Å². The maximum atomic E-state index is 11.1. The van der Waals surface area contributed by atoms with Gasteiger partial charge >= 0.3 is 5.76 Å². The third kappa shape index (κ3) is 2.81. The molecule has 1 saturated heterocycles. The first kappa shape index (κ1) is 12.3. The number of hydrogen-bond acceptors (Lipinski definition) is 4. The molecule has 1 aromatic carbocycles. The summed E-state index contributed by atoms with van der Waals surface area (Å²) >= 11 is 0. The molecule has 2 heterocycles. The van der Waals surface area contributed by atoms with Gasteiger partial charge in [-0.05, 0) is 50.6 Å². The van der Waals surface area contributed by atoms with Crippen LogP contribution in [0.15, 0.2) is 27.4 Å². The van der Waals surface area contributed by atoms with E-state index in [9.17, 15) is 4.79 Å². The van der Waals surface area contributed by atoms with Gasteiger partial charge in [0, 0.05) is 18.8 Å². The van der Waals surface area contributed by atoms with Crippen molar-refractivity contribution in [3.05, 3.63) is 28.7 Å². The van der Waals surface area contributed by atoms with Crippen LogP contribution in [0.3, 0.4) is 0 Å². The van der Waals surface area contributed by atoms with E-state index in [0.717, 1.165) is 24.3 Å². The number of likely N-dealkylation sites (tertiary alicyclic amines) is 1. The lowest BCUT2D eigenvalue weighted by Crippen LogP contribution is -2.35. The lowest BCUT2D eigenvalue weighted by molar-refractivity contribution is 0.217. The van der Waals surface area contributed by atoms with E-state index in [2.05, 4.69) is 22.2 Å². The van der Waals surface area contributed by atoms with Gasteiger partial charge in [0.15, 0.2) is 5.58 Å². The molecule has 5 heteroatoms. The van der Waals surface area contributed by atoms with E-state index < -0.39 is 5.76 Å². The average Bonchev–Trinajstić information content (AvgIpc) is 2.75. The number of nitrogens with one attached hydrogen (secondary N) is 2. The van der Waals surface area contributed by atoms with Gasteiger partial charge in [-0.25, -0.2) is 4.79 Å². The summed E-state index contributed by atoms with van der Waals surface area (Å²) < 4.78 is 4.99. The van der Waals surface area contributed by atoms with Gasteiger partial charge in [0.1, 0.15) is 0 Å². The van der Waals surface area contributed by atoms with E-state index in [-0.39, 0.29) is 0 Å². The molecule has 0 spiro atoms. The number of benzene rings is 1. The molecule has 0 aliphatic carbocycles. The van der Waals surface area contributed by atoms with E-state index in [4.69, 9.17) is 4.42 Å². The Bertz CT molecular complexity index is 616. The maximum absolute atomic E-state index is 11.1. The Kier molecular flexibility index (Phi) is 3.29. The van der Waals surface area contributed by atoms with Crippen molar-refractivity contribution in [2.75, 3.05) is 32.0 Å². The molecule has 19 heavy (non-hydrogen) atoms. The number of fused-ring (bicyclic) bond motifs is 1. The van der Waals surface area contributed by atoms with Gasteiger partial charge in [0.25, 0.3) is 0 Å². The number of anilines is 1. The van der Waals surface area contributed by atoms with Gasteiger partial charge in [-0.1, -0.05) is 0 Å². The molecule has 1 aromatic heterocycles. The highest BCUT2D eigenvalue weighted by Gasteiger charge is 2.16. The van der Waals surface area contributed by atoms with E-state index in [1.54, 1.807) is 0 Å². The van der Waals surface area contributed by atoms with E-state index >= 15 is 0 Å². The number of aromatic amines is 1. The molecule has 0 bridgehead atoms. The van der Waals surface area contributed by atoms with Gasteiger partial charge in [-0.3, -0.25) is 4.98 Å². The summed E-state index contributed by atoms with van der Waals surface area (Å²) in [5, 5.41) is 3.45. The van der Waals surface area contributed by atoms with Crippen LogP contribution in [-0.2, 0) is 0 Å². The van der Waals surface area contributed by atoms with E-state index in [1.165, 1.54) is 19.4 Å². The molecule has 0 saturated carbocycles. The zero-order valence-corrected chi connectivity index (χ0v) is 11.1. The summed E-state index contributed by atoms with van der Waals surface area (Å²) in [7, 11) is 2.18. The fourth-order valence-corrected chi connectivity index (χ4v) is 2.76. The Morgan fingerprint density at radius 1 is 1.53 bits per heavy atom. The number of H-pyrrole nitrogens is 1. The summed E-state index contributed by atoms with van der Waals surface area (Å²) in [6.07, 6.45) is 2.55. The van der Waals surface area contributed by atoms with Crippen LogP contribution in [-0.4, -0.2) is 36.6 Å². The molecular weight excluding hydrogens is 242 g/mol. The standard InChI is InChI=1S/C14H19N3O2/c1-17-6-2-3-10(9-17)8-15-11-4-5-13-12(7-11)16-14(18)19-13/h4-5,7,10,15H,2-3,6,8-9H2,1H3,(H,16,18). The highest BCUT2D eigenvalue weighted by molar-refractivity contribution is 5.76. The minimum absolute atomic E-state index is 0.402. The largest absolute Gasteiger partial charge is 0.417 e. The van der Waals surface area contributed by atoms with Crippen LogP contribution in [0, 0.1) is 5.92 Å². The SMILES string of the molecule is CN1CCCC(CNc2ccc3oc(=O)[nH]c3c2)C1. The number of hydrogen-bond donors (Lipinski definition) is 2. The van der Waals surface area contributed by atoms with Crippen molar-refractivity contribution in [1.82, 2.24) is 9.88 Å². The minimum atomic E-state index is -0.402. The number of oxazole rings is 1. The summed E-state index contributed by atoms with van der Waals surface area (Å²) in [5.41, 5.74) is 2.38. The first-order chi connectivity index (χ1) is 9.20. The van der Waals surface area contributed by atoms with E-state index in [1.807, 2.05) is 18.2 Å². The predicted octanol–water partition coefficient (Wildman–Crippen LogP) is 1.87. The smallest absolute Gasteiger partial charge is 0.408 e. The van der Waals surface area contributed by atoms with Crippen LogP contribution < -0.4 is 11.1 Å². The summed E-state index contributed by atoms with van der Waals surface area (Å²) in [6.45, 7) is 3.33. The Morgan fingerprint density at radius 3 is 3.26 bits per heavy atom. The number of rotatable bonds is 3. The van der Waals surface area contributed by atoms with Gasteiger partial charge in [0.2, 0.25) is 0 Å². The molecule has 102 valence electrons. The second-order valence-corrected chi connectivity index (χ2v) is 5.38. The third-order valence-electron chi connectivity index (χ3n) is 3.74. The van der Waals surface area contributed by atoms with Gasteiger partial charge in [-0.2, -0.15) is 0 Å². The van der Waals surface area contributed by atoms with Gasteiger partial charge in [0.05, 0.1) is 5.52 Å². The van der Waals surface area contributed by atoms with Crippen LogP contribution >= 0.6 is 0 Å². The molecule has 1 aliphatic heterocycles. The quantitative estimate of drug-likeness (QED) is 0.885. The van der Waals surface area contributed by atoms with E-state index in [0.29, 0.717) is 11.5 Å². The molecule has 0 radical (unpaired) electrons. The zero-order valence-electron chi connectivity index (χ0n) is 11.1. The fraction of sp³-hybridized carbons (Fsp3) is 0.500. The molecule has 1 atom stereocenters. The predicted molar refractivity (Wildman–Crippen MR) is 75.5 cm³/mol. The maximum Gasteiger partial charge on any atom is 0.417 e. The molecule has 2 aromatic rings. The monoisotopic (exact) mass is 261 g/mol. The molecule has 1 unspecified atom stereocenters. The van der Waals surface area contributed by atoms with Crippen LogP contribution in [0.2, 0.25) is 0 Å². The topological polar surface area (TPSA) is 61.3 Å². The van der Waals surface area contributed by atoms with Crippen LogP contribution in [0.25, 0.3) is 11.1 Å². The van der Waals surface area contributed by atoms with Crippen molar-refractivity contribution in [3.63, 3.8) is 0 Å². The van der Waals surface area contributed by atoms with Gasteiger partial charge < -0.3 is 14.6 Å². The lowest BCUT2D eigenvalue weighted by Gasteiger charge is -2.29. The molecule has 1 aliphatic rings. The molecule has 3 rings (SSSR count). The van der Waals surface area contributed by atoms with Crippen LogP contribution in [0.4, 0.5) is 5.69 Å². The van der Waals surface area contributed by atoms with Crippen molar-refractivity contribution in [2.24, 2.45) is 5.92 Å². The summed E-state index contributed by atoms with van der Waals surface area (Å²) in [6, 6.07) is 5.70. The average molecular weight is 261 g/mol. The number of nitrogens with zero attached hydrogens (tertiary/aromatic N) is 1. The third-order valence-corrected chi connectivity index (χ3v) is 3.74. The molecule has 2 N–H and O–H groups in total. The Hall–Kier alpha value is -1.75. The van der Waals surface area contributed by atoms with Crippen molar-refractivity contribution in [3.8, 4) is 0 Å². The number of piperidine rings is 1. The summed E-state index contributed by atoms with van der Waals surface area (Å²) in [5.74, 6) is 0.291. The first-order valence-electron chi connectivity index (χ1n) is 6.76. The molecule has 1 fully saturated rings. The second kappa shape index (κ2) is 5.09. The van der Waals surface area contributed by atoms with Crippen molar-refractivity contribution < 1.29 is 4.42 Å². The Morgan fingerprint density at radius 2 is 2.42 bits per heavy atom. The highest BCUT2D eigenvalue weighted by Crippen LogP contribution is 2.19. The first-order valence-corrected chi connectivity index (χ1v) is 6.76. The van der Waals surface area contributed by atoms with Crippen molar-refractivity contribution in [1.29, 1.82) is 0 Å². The van der Waals surface area contributed by atoms with Crippen LogP contribution in [0.5, 0.6) is 0 Å². The Balaban J connectivity index is 1.66. The normalized spacial score (nSPS) is 20.8.